The minimum Gasteiger partial charge on any atom is -0.280 e. The van der Waals surface area contributed by atoms with E-state index >= 15 is 0 Å². The number of aromatic nitrogens is 3. The highest BCUT2D eigenvalue weighted by atomic mass is 35.5. The van der Waals surface area contributed by atoms with Crippen LogP contribution in [0.2, 0.25) is 5.02 Å². The maximum atomic E-state index is 6.20. The summed E-state index contributed by atoms with van der Waals surface area (Å²) in [4.78, 5) is 0. The van der Waals surface area contributed by atoms with Crippen LogP contribution in [0.4, 0.5) is 0 Å². The second kappa shape index (κ2) is 5.07. The number of alkyl halides is 1. The predicted octanol–water partition coefficient (Wildman–Crippen LogP) is 3.78. The maximum absolute atomic E-state index is 6.20. The molecule has 2 aromatic rings. The van der Waals surface area contributed by atoms with E-state index in [4.69, 9.17) is 23.2 Å². The van der Waals surface area contributed by atoms with Crippen molar-refractivity contribution in [2.75, 3.05) is 0 Å². The van der Waals surface area contributed by atoms with Gasteiger partial charge >= 0.3 is 0 Å². The molecule has 0 saturated carbocycles. The Labute approximate surface area is 110 Å². The standard InChI is InChI=1S/C12H13Cl2N3/c1-8(2)12-16-15-11(7-13)17(12)10-6-4-3-5-9(10)14/h3-6,8H,7H2,1-2H3. The molecule has 90 valence electrons. The van der Waals surface area contributed by atoms with Crippen LogP contribution in [0.3, 0.4) is 0 Å². The van der Waals surface area contributed by atoms with Gasteiger partial charge in [-0.2, -0.15) is 0 Å². The second-order valence-corrected chi connectivity index (χ2v) is 4.72. The first-order valence-corrected chi connectivity index (χ1v) is 6.31. The van der Waals surface area contributed by atoms with Gasteiger partial charge in [0.05, 0.1) is 16.6 Å². The van der Waals surface area contributed by atoms with E-state index < -0.39 is 0 Å². The van der Waals surface area contributed by atoms with Crippen molar-refractivity contribution in [1.29, 1.82) is 0 Å². The molecule has 0 saturated heterocycles. The largest absolute Gasteiger partial charge is 0.280 e. The molecule has 0 aliphatic heterocycles. The number of hydrogen-bond donors (Lipinski definition) is 0. The summed E-state index contributed by atoms with van der Waals surface area (Å²) < 4.78 is 1.93. The fourth-order valence-corrected chi connectivity index (χ4v) is 2.08. The summed E-state index contributed by atoms with van der Waals surface area (Å²) in [5.74, 6) is 2.15. The number of nitrogens with zero attached hydrogens (tertiary/aromatic N) is 3. The molecule has 3 nitrogen and oxygen atoms in total. The number of benzene rings is 1. The number of hydrogen-bond acceptors (Lipinski definition) is 2. The van der Waals surface area contributed by atoms with Gasteiger partial charge in [0.1, 0.15) is 5.82 Å². The van der Waals surface area contributed by atoms with Gasteiger partial charge in [-0.05, 0) is 12.1 Å². The molecular formula is C12H13Cl2N3. The Morgan fingerprint density at radius 3 is 2.53 bits per heavy atom. The van der Waals surface area contributed by atoms with Crippen molar-refractivity contribution in [2.24, 2.45) is 0 Å². The zero-order valence-electron chi connectivity index (χ0n) is 9.69. The van der Waals surface area contributed by atoms with Crippen molar-refractivity contribution in [3.63, 3.8) is 0 Å². The smallest absolute Gasteiger partial charge is 0.152 e. The molecule has 2 rings (SSSR count). The molecule has 17 heavy (non-hydrogen) atoms. The molecule has 1 heterocycles. The molecule has 0 radical (unpaired) electrons. The van der Waals surface area contributed by atoms with Crippen molar-refractivity contribution in [3.8, 4) is 5.69 Å². The molecule has 0 N–H and O–H groups in total. The Balaban J connectivity index is 2.64. The van der Waals surface area contributed by atoms with Gasteiger partial charge in [-0.25, -0.2) is 0 Å². The van der Waals surface area contributed by atoms with Gasteiger partial charge in [-0.1, -0.05) is 37.6 Å². The van der Waals surface area contributed by atoms with Crippen LogP contribution in [0.25, 0.3) is 5.69 Å². The van der Waals surface area contributed by atoms with E-state index in [1.165, 1.54) is 0 Å². The molecule has 0 spiro atoms. The predicted molar refractivity (Wildman–Crippen MR) is 70.0 cm³/mol. The van der Waals surface area contributed by atoms with Crippen LogP contribution in [-0.2, 0) is 5.88 Å². The van der Waals surface area contributed by atoms with E-state index in [2.05, 4.69) is 24.0 Å². The highest BCUT2D eigenvalue weighted by Gasteiger charge is 2.17. The summed E-state index contributed by atoms with van der Waals surface area (Å²) in [5, 5.41) is 8.94. The molecule has 0 bridgehead atoms. The normalized spacial score (nSPS) is 11.1. The Kier molecular flexibility index (Phi) is 3.69. The van der Waals surface area contributed by atoms with Gasteiger partial charge in [0, 0.05) is 5.92 Å². The number of rotatable bonds is 3. The van der Waals surface area contributed by atoms with Crippen LogP contribution in [0.1, 0.15) is 31.4 Å². The minimum absolute atomic E-state index is 0.260. The average molecular weight is 270 g/mol. The van der Waals surface area contributed by atoms with Gasteiger partial charge < -0.3 is 0 Å². The van der Waals surface area contributed by atoms with E-state index in [1.807, 2.05) is 28.8 Å². The van der Waals surface area contributed by atoms with Gasteiger partial charge in [0.15, 0.2) is 5.82 Å². The van der Waals surface area contributed by atoms with E-state index in [1.54, 1.807) is 0 Å². The topological polar surface area (TPSA) is 30.7 Å². The lowest BCUT2D eigenvalue weighted by Gasteiger charge is -2.12. The molecule has 0 fully saturated rings. The van der Waals surface area contributed by atoms with Crippen LogP contribution in [0.15, 0.2) is 24.3 Å². The van der Waals surface area contributed by atoms with Gasteiger partial charge in [-0.15, -0.1) is 21.8 Å². The summed E-state index contributed by atoms with van der Waals surface area (Å²) in [6, 6.07) is 7.61. The Hall–Kier alpha value is -1.06. The van der Waals surface area contributed by atoms with Crippen LogP contribution < -0.4 is 0 Å². The van der Waals surface area contributed by atoms with Crippen molar-refractivity contribution >= 4 is 23.2 Å². The highest BCUT2D eigenvalue weighted by molar-refractivity contribution is 6.32. The maximum Gasteiger partial charge on any atom is 0.152 e. The van der Waals surface area contributed by atoms with E-state index in [0.29, 0.717) is 16.7 Å². The molecule has 1 aromatic carbocycles. The minimum atomic E-state index is 0.260. The molecule has 5 heteroatoms. The second-order valence-electron chi connectivity index (χ2n) is 4.05. The molecule has 1 aromatic heterocycles. The molecule has 0 unspecified atom stereocenters. The summed E-state index contributed by atoms with van der Waals surface area (Å²) >= 11 is 12.1. The summed E-state index contributed by atoms with van der Waals surface area (Å²) in [6.45, 7) is 4.13. The van der Waals surface area contributed by atoms with Crippen molar-refractivity contribution in [1.82, 2.24) is 14.8 Å². The third-order valence-corrected chi connectivity index (χ3v) is 3.04. The summed E-state index contributed by atoms with van der Waals surface area (Å²) in [6.07, 6.45) is 0. The summed E-state index contributed by atoms with van der Waals surface area (Å²) in [5.41, 5.74) is 0.874. The molecule has 0 amide bonds. The first kappa shape index (κ1) is 12.4. The van der Waals surface area contributed by atoms with Crippen LogP contribution in [0.5, 0.6) is 0 Å². The van der Waals surface area contributed by atoms with Crippen molar-refractivity contribution in [2.45, 2.75) is 25.6 Å². The van der Waals surface area contributed by atoms with Gasteiger partial charge in [-0.3, -0.25) is 4.57 Å². The first-order valence-electron chi connectivity index (χ1n) is 5.40. The monoisotopic (exact) mass is 269 g/mol. The highest BCUT2D eigenvalue weighted by Crippen LogP contribution is 2.25. The summed E-state index contributed by atoms with van der Waals surface area (Å²) in [7, 11) is 0. The Morgan fingerprint density at radius 2 is 1.94 bits per heavy atom. The number of halogens is 2. The zero-order valence-corrected chi connectivity index (χ0v) is 11.2. The average Bonchev–Trinajstić information content (AvgIpc) is 2.73. The van der Waals surface area contributed by atoms with Crippen LogP contribution in [-0.4, -0.2) is 14.8 Å². The fraction of sp³-hybridized carbons (Fsp3) is 0.333. The van der Waals surface area contributed by atoms with Gasteiger partial charge in [0.25, 0.3) is 0 Å². The lowest BCUT2D eigenvalue weighted by atomic mass is 10.2. The van der Waals surface area contributed by atoms with Gasteiger partial charge in [0.2, 0.25) is 0 Å². The quantitative estimate of drug-likeness (QED) is 0.794. The fourth-order valence-electron chi connectivity index (χ4n) is 1.69. The van der Waals surface area contributed by atoms with E-state index in [-0.39, 0.29) is 5.92 Å². The lowest BCUT2D eigenvalue weighted by Crippen LogP contribution is -2.06. The molecule has 0 atom stereocenters. The first-order chi connectivity index (χ1) is 8.15. The molecule has 0 aliphatic carbocycles. The number of para-hydroxylation sites is 1. The van der Waals surface area contributed by atoms with Crippen molar-refractivity contribution < 1.29 is 0 Å². The Morgan fingerprint density at radius 1 is 1.24 bits per heavy atom. The van der Waals surface area contributed by atoms with Crippen LogP contribution >= 0.6 is 23.2 Å². The molecular weight excluding hydrogens is 257 g/mol. The zero-order chi connectivity index (χ0) is 12.4. The van der Waals surface area contributed by atoms with E-state index in [0.717, 1.165) is 11.5 Å². The van der Waals surface area contributed by atoms with Crippen molar-refractivity contribution in [3.05, 3.63) is 40.9 Å². The SMILES string of the molecule is CC(C)c1nnc(CCl)n1-c1ccccc1Cl. The lowest BCUT2D eigenvalue weighted by molar-refractivity contribution is 0.741. The Bertz CT molecular complexity index is 520. The van der Waals surface area contributed by atoms with E-state index in [9.17, 15) is 0 Å². The third kappa shape index (κ3) is 2.31. The molecule has 0 aliphatic rings. The van der Waals surface area contributed by atoms with Crippen LogP contribution in [0, 0.1) is 0 Å². The third-order valence-electron chi connectivity index (χ3n) is 2.48.